The molecule has 1 aromatic rings. The van der Waals surface area contributed by atoms with Gasteiger partial charge in [-0.3, -0.25) is 4.90 Å². The Labute approximate surface area is 122 Å². The zero-order chi connectivity index (χ0) is 14.0. The third-order valence-corrected chi connectivity index (χ3v) is 4.10. The van der Waals surface area contributed by atoms with Gasteiger partial charge in [-0.15, -0.1) is 0 Å². The Morgan fingerprint density at radius 1 is 1.47 bits per heavy atom. The third kappa shape index (κ3) is 3.22. The number of aromatic hydroxyl groups is 1. The van der Waals surface area contributed by atoms with Crippen LogP contribution in [-0.2, 0) is 11.3 Å². The molecular weight excluding hydrogens is 310 g/mol. The summed E-state index contributed by atoms with van der Waals surface area (Å²) in [4.78, 5) is 2.38. The van der Waals surface area contributed by atoms with Crippen LogP contribution in [0.1, 0.15) is 19.4 Å². The van der Waals surface area contributed by atoms with E-state index in [0.717, 1.165) is 31.9 Å². The van der Waals surface area contributed by atoms with Gasteiger partial charge >= 0.3 is 0 Å². The van der Waals surface area contributed by atoms with Gasteiger partial charge < -0.3 is 14.6 Å². The molecule has 4 nitrogen and oxygen atoms in total. The lowest BCUT2D eigenvalue weighted by molar-refractivity contribution is -0.0553. The first-order valence-electron chi connectivity index (χ1n) is 6.32. The van der Waals surface area contributed by atoms with Crippen molar-refractivity contribution in [1.82, 2.24) is 4.90 Å². The maximum absolute atomic E-state index is 9.83. The Kier molecular flexibility index (Phi) is 4.38. The second kappa shape index (κ2) is 5.69. The van der Waals surface area contributed by atoms with Crippen molar-refractivity contribution < 1.29 is 14.6 Å². The molecular formula is C14H20BrNO3. The van der Waals surface area contributed by atoms with Gasteiger partial charge in [0.15, 0.2) is 11.5 Å². The van der Waals surface area contributed by atoms with Crippen LogP contribution < -0.4 is 4.74 Å². The molecule has 19 heavy (non-hydrogen) atoms. The number of hydrogen-bond acceptors (Lipinski definition) is 4. The van der Waals surface area contributed by atoms with Gasteiger partial charge in [-0.05, 0) is 47.5 Å². The highest BCUT2D eigenvalue weighted by Gasteiger charge is 2.30. The average molecular weight is 330 g/mol. The molecule has 0 amide bonds. The van der Waals surface area contributed by atoms with Crippen LogP contribution in [0.5, 0.6) is 11.5 Å². The summed E-state index contributed by atoms with van der Waals surface area (Å²) in [5, 5.41) is 9.83. The summed E-state index contributed by atoms with van der Waals surface area (Å²) in [5.41, 5.74) is 1.13. The number of ether oxygens (including phenoxy) is 2. The molecule has 0 aliphatic carbocycles. The number of halogens is 1. The number of rotatable bonds is 3. The van der Waals surface area contributed by atoms with Crippen LogP contribution in [0.3, 0.4) is 0 Å². The largest absolute Gasteiger partial charge is 0.503 e. The quantitative estimate of drug-likeness (QED) is 0.925. The molecule has 1 N–H and O–H groups in total. The van der Waals surface area contributed by atoms with Gasteiger partial charge in [-0.1, -0.05) is 0 Å². The highest BCUT2D eigenvalue weighted by Crippen LogP contribution is 2.36. The Morgan fingerprint density at radius 3 is 2.84 bits per heavy atom. The van der Waals surface area contributed by atoms with Crippen LogP contribution in [-0.4, -0.2) is 42.4 Å². The van der Waals surface area contributed by atoms with Crippen LogP contribution >= 0.6 is 15.9 Å². The Hall–Kier alpha value is -0.780. The predicted octanol–water partition coefficient (Wildman–Crippen LogP) is 2.77. The van der Waals surface area contributed by atoms with E-state index in [0.29, 0.717) is 10.2 Å². The predicted molar refractivity (Wildman–Crippen MR) is 77.7 cm³/mol. The van der Waals surface area contributed by atoms with Gasteiger partial charge in [-0.25, -0.2) is 0 Å². The molecule has 0 atom stereocenters. The van der Waals surface area contributed by atoms with E-state index in [9.17, 15) is 5.11 Å². The van der Waals surface area contributed by atoms with Gasteiger partial charge in [0.05, 0.1) is 24.8 Å². The molecule has 106 valence electrons. The van der Waals surface area contributed by atoms with Crippen molar-refractivity contribution >= 4 is 15.9 Å². The van der Waals surface area contributed by atoms with Crippen LogP contribution in [0.25, 0.3) is 0 Å². The molecule has 5 heteroatoms. The minimum absolute atomic E-state index is 0.0237. The van der Waals surface area contributed by atoms with E-state index in [2.05, 4.69) is 34.7 Å². The summed E-state index contributed by atoms with van der Waals surface area (Å²) >= 11 is 3.36. The summed E-state index contributed by atoms with van der Waals surface area (Å²) in [6.45, 7) is 7.58. The fourth-order valence-corrected chi connectivity index (χ4v) is 2.77. The van der Waals surface area contributed by atoms with E-state index in [4.69, 9.17) is 9.47 Å². The molecule has 1 aromatic carbocycles. The van der Waals surface area contributed by atoms with E-state index >= 15 is 0 Å². The third-order valence-electron chi connectivity index (χ3n) is 3.50. The summed E-state index contributed by atoms with van der Waals surface area (Å²) < 4.78 is 11.4. The standard InChI is InChI=1S/C14H20BrNO3/c1-14(2)9-19-5-4-16(14)8-10-6-11(15)13(17)12(7-10)18-3/h6-7,17H,4-5,8-9H2,1-3H3. The van der Waals surface area contributed by atoms with Gasteiger partial charge in [-0.2, -0.15) is 0 Å². The molecule has 1 fully saturated rings. The second-order valence-electron chi connectivity index (χ2n) is 5.42. The molecule has 1 aliphatic heterocycles. The van der Waals surface area contributed by atoms with E-state index in [-0.39, 0.29) is 11.3 Å². The molecule has 0 spiro atoms. The number of benzene rings is 1. The Bertz CT molecular complexity index is 462. The molecule has 0 unspecified atom stereocenters. The summed E-state index contributed by atoms with van der Waals surface area (Å²) in [6.07, 6.45) is 0. The van der Waals surface area contributed by atoms with Crippen LogP contribution in [0.4, 0.5) is 0 Å². The maximum Gasteiger partial charge on any atom is 0.172 e. The number of nitrogens with zero attached hydrogens (tertiary/aromatic N) is 1. The van der Waals surface area contributed by atoms with Crippen molar-refractivity contribution in [3.8, 4) is 11.5 Å². The van der Waals surface area contributed by atoms with E-state index in [1.807, 2.05) is 12.1 Å². The van der Waals surface area contributed by atoms with Crippen molar-refractivity contribution in [2.75, 3.05) is 26.9 Å². The minimum atomic E-state index is 0.0237. The van der Waals surface area contributed by atoms with Crippen molar-refractivity contribution in [1.29, 1.82) is 0 Å². The first kappa shape index (κ1) is 14.6. The molecule has 1 heterocycles. The number of hydrogen-bond donors (Lipinski definition) is 1. The zero-order valence-electron chi connectivity index (χ0n) is 11.6. The smallest absolute Gasteiger partial charge is 0.172 e. The summed E-state index contributed by atoms with van der Waals surface area (Å²) in [5.74, 6) is 0.642. The number of morpholine rings is 1. The van der Waals surface area contributed by atoms with Crippen LogP contribution in [0.15, 0.2) is 16.6 Å². The highest BCUT2D eigenvalue weighted by atomic mass is 79.9. The molecule has 0 aromatic heterocycles. The molecule has 1 saturated heterocycles. The van der Waals surface area contributed by atoms with Crippen LogP contribution in [0, 0.1) is 0 Å². The van der Waals surface area contributed by atoms with E-state index < -0.39 is 0 Å². The van der Waals surface area contributed by atoms with Gasteiger partial charge in [0.25, 0.3) is 0 Å². The van der Waals surface area contributed by atoms with E-state index in [1.54, 1.807) is 7.11 Å². The fourth-order valence-electron chi connectivity index (χ4n) is 2.28. The Morgan fingerprint density at radius 2 is 2.21 bits per heavy atom. The maximum atomic E-state index is 9.83. The van der Waals surface area contributed by atoms with Gasteiger partial charge in [0.1, 0.15) is 0 Å². The monoisotopic (exact) mass is 329 g/mol. The Balaban J connectivity index is 2.21. The second-order valence-corrected chi connectivity index (χ2v) is 6.27. The lowest BCUT2D eigenvalue weighted by Crippen LogP contribution is -2.52. The van der Waals surface area contributed by atoms with Crippen molar-refractivity contribution in [2.24, 2.45) is 0 Å². The van der Waals surface area contributed by atoms with Crippen molar-refractivity contribution in [3.63, 3.8) is 0 Å². The van der Waals surface area contributed by atoms with Gasteiger partial charge in [0, 0.05) is 18.6 Å². The summed E-state index contributed by atoms with van der Waals surface area (Å²) in [7, 11) is 1.56. The molecule has 0 saturated carbocycles. The SMILES string of the molecule is COc1cc(CN2CCOCC2(C)C)cc(Br)c1O. The molecule has 0 bridgehead atoms. The van der Waals surface area contributed by atoms with Crippen molar-refractivity contribution in [3.05, 3.63) is 22.2 Å². The van der Waals surface area contributed by atoms with Crippen molar-refractivity contribution in [2.45, 2.75) is 25.9 Å². The lowest BCUT2D eigenvalue weighted by Gasteiger charge is -2.42. The normalized spacial score (nSPS) is 19.4. The van der Waals surface area contributed by atoms with Gasteiger partial charge in [0.2, 0.25) is 0 Å². The number of phenolic OH excluding ortho intramolecular Hbond substituents is 1. The first-order valence-corrected chi connectivity index (χ1v) is 7.11. The first-order chi connectivity index (χ1) is 8.94. The topological polar surface area (TPSA) is 41.9 Å². The number of phenols is 1. The average Bonchev–Trinajstić information content (AvgIpc) is 2.36. The zero-order valence-corrected chi connectivity index (χ0v) is 13.2. The highest BCUT2D eigenvalue weighted by molar-refractivity contribution is 9.10. The molecule has 2 rings (SSSR count). The van der Waals surface area contributed by atoms with Crippen LogP contribution in [0.2, 0.25) is 0 Å². The fraction of sp³-hybridized carbons (Fsp3) is 0.571. The summed E-state index contributed by atoms with van der Waals surface area (Å²) in [6, 6.07) is 3.81. The molecule has 1 aliphatic rings. The van der Waals surface area contributed by atoms with E-state index in [1.165, 1.54) is 0 Å². The number of methoxy groups -OCH3 is 1. The molecule has 0 radical (unpaired) electrons. The lowest BCUT2D eigenvalue weighted by atomic mass is 10.0. The minimum Gasteiger partial charge on any atom is -0.503 e.